The van der Waals surface area contributed by atoms with Crippen LogP contribution in [0.4, 0.5) is 26.3 Å². The minimum absolute atomic E-state index is 0.269. The Bertz CT molecular complexity index is 1200. The van der Waals surface area contributed by atoms with Crippen molar-refractivity contribution in [2.75, 3.05) is 5.75 Å². The Labute approximate surface area is 202 Å². The molecule has 0 bridgehead atoms. The number of esters is 1. The highest BCUT2D eigenvalue weighted by molar-refractivity contribution is 8.14. The molecule has 1 atom stereocenters. The second-order valence-electron chi connectivity index (χ2n) is 7.02. The zero-order chi connectivity index (χ0) is 27.4. The number of phenols is 1. The third kappa shape index (κ3) is 7.37. The van der Waals surface area contributed by atoms with E-state index in [-0.39, 0.29) is 17.8 Å². The predicted octanol–water partition coefficient (Wildman–Crippen LogP) is 4.11. The summed E-state index contributed by atoms with van der Waals surface area (Å²) in [5.74, 6) is -6.58. The number of aromatic hydroxyl groups is 1. The number of alkyl halides is 6. The largest absolute Gasteiger partial charge is 0.507 e. The molecular formula is C21H15F6NO7S. The molecule has 0 aromatic heterocycles. The predicted molar refractivity (Wildman–Crippen MR) is 112 cm³/mol. The van der Waals surface area contributed by atoms with Gasteiger partial charge in [-0.2, -0.15) is 26.3 Å². The number of aromatic carboxylic acids is 1. The molecular weight excluding hydrogens is 524 g/mol. The maximum absolute atomic E-state index is 13.0. The Kier molecular flexibility index (Phi) is 8.62. The van der Waals surface area contributed by atoms with Gasteiger partial charge in [-0.1, -0.05) is 11.8 Å². The number of carbonyl (C=O) groups excluding carboxylic acids is 3. The molecule has 0 aliphatic heterocycles. The van der Waals surface area contributed by atoms with E-state index in [0.29, 0.717) is 30.3 Å². The van der Waals surface area contributed by atoms with Gasteiger partial charge in [0.05, 0.1) is 16.7 Å². The highest BCUT2D eigenvalue weighted by Crippen LogP contribution is 2.35. The summed E-state index contributed by atoms with van der Waals surface area (Å²) in [6, 6.07) is 1.14. The van der Waals surface area contributed by atoms with E-state index >= 15 is 0 Å². The molecule has 2 rings (SSSR count). The molecule has 1 amide bonds. The van der Waals surface area contributed by atoms with Crippen molar-refractivity contribution in [1.29, 1.82) is 0 Å². The smallest absolute Gasteiger partial charge is 0.416 e. The van der Waals surface area contributed by atoms with Crippen LogP contribution in [0.25, 0.3) is 0 Å². The standard InChI is InChI=1S/C21H15F6NO7S/c1-9(29)28-14(8-36-19(34)12-4-2-10(6-15(12)30)20(22,23)24)18(33)35-16-7-11(21(25,26)27)3-5-13(16)17(31)32/h2-7,14,30H,8H2,1H3,(H,28,29)(H,31,32). The number of hydrogen-bond acceptors (Lipinski definition) is 7. The van der Waals surface area contributed by atoms with Gasteiger partial charge in [0.2, 0.25) is 11.0 Å². The molecule has 194 valence electrons. The summed E-state index contributed by atoms with van der Waals surface area (Å²) in [5, 5.41) is 20.0. The Morgan fingerprint density at radius 1 is 0.944 bits per heavy atom. The minimum atomic E-state index is -4.90. The van der Waals surface area contributed by atoms with Crippen molar-refractivity contribution in [2.45, 2.75) is 25.3 Å². The fourth-order valence-corrected chi connectivity index (χ4v) is 3.54. The first kappa shape index (κ1) is 28.5. The number of thioether (sulfide) groups is 1. The molecule has 8 nitrogen and oxygen atoms in total. The van der Waals surface area contributed by atoms with Crippen LogP contribution in [0.1, 0.15) is 38.8 Å². The van der Waals surface area contributed by atoms with Crippen LogP contribution in [0.5, 0.6) is 11.5 Å². The summed E-state index contributed by atoms with van der Waals surface area (Å²) in [7, 11) is 0. The van der Waals surface area contributed by atoms with Gasteiger partial charge in [0.25, 0.3) is 0 Å². The second-order valence-corrected chi connectivity index (χ2v) is 8.01. The van der Waals surface area contributed by atoms with E-state index in [2.05, 4.69) is 5.32 Å². The van der Waals surface area contributed by atoms with E-state index < -0.39 is 80.9 Å². The van der Waals surface area contributed by atoms with E-state index in [1.807, 2.05) is 0 Å². The van der Waals surface area contributed by atoms with Gasteiger partial charge in [-0.25, -0.2) is 9.59 Å². The van der Waals surface area contributed by atoms with Crippen LogP contribution in [0.2, 0.25) is 0 Å². The van der Waals surface area contributed by atoms with Gasteiger partial charge in [-0.3, -0.25) is 9.59 Å². The number of phenolic OH excluding ortho intramolecular Hbond substituents is 1. The maximum Gasteiger partial charge on any atom is 0.416 e. The van der Waals surface area contributed by atoms with Crippen molar-refractivity contribution >= 4 is 34.7 Å². The Morgan fingerprint density at radius 3 is 1.94 bits per heavy atom. The Balaban J connectivity index is 2.25. The number of carboxylic acid groups (broad SMARTS) is 1. The number of rotatable bonds is 7. The first-order valence-electron chi connectivity index (χ1n) is 9.51. The molecule has 0 heterocycles. The molecule has 0 aliphatic rings. The van der Waals surface area contributed by atoms with E-state index in [0.717, 1.165) is 6.92 Å². The van der Waals surface area contributed by atoms with Gasteiger partial charge < -0.3 is 20.3 Å². The van der Waals surface area contributed by atoms with Crippen molar-refractivity contribution in [3.63, 3.8) is 0 Å². The Morgan fingerprint density at radius 2 is 1.47 bits per heavy atom. The van der Waals surface area contributed by atoms with Crippen LogP contribution in [-0.2, 0) is 21.9 Å². The molecule has 15 heteroatoms. The lowest BCUT2D eigenvalue weighted by molar-refractivity contribution is -0.140. The monoisotopic (exact) mass is 539 g/mol. The quantitative estimate of drug-likeness (QED) is 0.272. The van der Waals surface area contributed by atoms with Gasteiger partial charge in [-0.05, 0) is 36.4 Å². The number of halogens is 6. The number of hydrogen-bond donors (Lipinski definition) is 3. The van der Waals surface area contributed by atoms with Crippen LogP contribution < -0.4 is 10.1 Å². The Hall–Kier alpha value is -3.75. The molecule has 0 saturated heterocycles. The van der Waals surface area contributed by atoms with Crippen molar-refractivity contribution in [2.24, 2.45) is 0 Å². The molecule has 3 N–H and O–H groups in total. The number of benzene rings is 2. The summed E-state index contributed by atoms with van der Waals surface area (Å²) < 4.78 is 81.9. The molecule has 0 saturated carbocycles. The maximum atomic E-state index is 13.0. The van der Waals surface area contributed by atoms with Crippen molar-refractivity contribution in [3.05, 3.63) is 58.7 Å². The lowest BCUT2D eigenvalue weighted by Crippen LogP contribution is -2.44. The lowest BCUT2D eigenvalue weighted by atomic mass is 10.1. The average Bonchev–Trinajstić information content (AvgIpc) is 2.74. The van der Waals surface area contributed by atoms with Gasteiger partial charge in [-0.15, -0.1) is 0 Å². The van der Waals surface area contributed by atoms with Crippen molar-refractivity contribution < 1.29 is 60.5 Å². The van der Waals surface area contributed by atoms with Gasteiger partial charge in [0.1, 0.15) is 23.1 Å². The molecule has 0 radical (unpaired) electrons. The highest BCUT2D eigenvalue weighted by atomic mass is 32.2. The zero-order valence-corrected chi connectivity index (χ0v) is 18.7. The van der Waals surface area contributed by atoms with Crippen molar-refractivity contribution in [1.82, 2.24) is 5.32 Å². The summed E-state index contributed by atoms with van der Waals surface area (Å²) >= 11 is 0.272. The number of carboxylic acids is 1. The van der Waals surface area contributed by atoms with Crippen LogP contribution in [0.15, 0.2) is 36.4 Å². The van der Waals surface area contributed by atoms with E-state index in [1.54, 1.807) is 0 Å². The fourth-order valence-electron chi connectivity index (χ4n) is 2.67. The lowest BCUT2D eigenvalue weighted by Gasteiger charge is -2.18. The zero-order valence-electron chi connectivity index (χ0n) is 17.9. The second kappa shape index (κ2) is 10.9. The summed E-state index contributed by atoms with van der Waals surface area (Å²) in [5.41, 5.74) is -3.89. The normalized spacial score (nSPS) is 12.5. The molecule has 2 aromatic rings. The number of ether oxygens (including phenoxy) is 1. The van der Waals surface area contributed by atoms with Crippen molar-refractivity contribution in [3.8, 4) is 11.5 Å². The van der Waals surface area contributed by atoms with Crippen LogP contribution in [0, 0.1) is 0 Å². The first-order valence-corrected chi connectivity index (χ1v) is 10.5. The van der Waals surface area contributed by atoms with E-state index in [9.17, 15) is 50.6 Å². The van der Waals surface area contributed by atoms with Crippen LogP contribution in [0.3, 0.4) is 0 Å². The molecule has 0 fully saturated rings. The first-order chi connectivity index (χ1) is 16.5. The number of amides is 1. The highest BCUT2D eigenvalue weighted by Gasteiger charge is 2.34. The van der Waals surface area contributed by atoms with Crippen LogP contribution in [-0.4, -0.2) is 45.0 Å². The minimum Gasteiger partial charge on any atom is -0.507 e. The molecule has 36 heavy (non-hydrogen) atoms. The third-order valence-electron chi connectivity index (χ3n) is 4.34. The van der Waals surface area contributed by atoms with E-state index in [1.165, 1.54) is 0 Å². The van der Waals surface area contributed by atoms with Gasteiger partial charge >= 0.3 is 24.3 Å². The average molecular weight is 539 g/mol. The van der Waals surface area contributed by atoms with Gasteiger partial charge in [0.15, 0.2) is 0 Å². The molecule has 2 aromatic carbocycles. The van der Waals surface area contributed by atoms with Crippen LogP contribution >= 0.6 is 11.8 Å². The fraction of sp³-hybridized carbons (Fsp3) is 0.238. The van der Waals surface area contributed by atoms with E-state index in [4.69, 9.17) is 9.84 Å². The summed E-state index contributed by atoms with van der Waals surface area (Å²) in [6.07, 6.45) is -9.69. The SMILES string of the molecule is CC(=O)NC(CSC(=O)c1ccc(C(F)(F)F)cc1O)C(=O)Oc1cc(C(F)(F)F)ccc1C(=O)O. The molecule has 0 spiro atoms. The van der Waals surface area contributed by atoms with Gasteiger partial charge in [0, 0.05) is 12.7 Å². The number of carbonyl (C=O) groups is 4. The summed E-state index contributed by atoms with van der Waals surface area (Å²) in [4.78, 5) is 47.7. The summed E-state index contributed by atoms with van der Waals surface area (Å²) in [6.45, 7) is 0.960. The molecule has 0 aliphatic carbocycles. The third-order valence-corrected chi connectivity index (χ3v) is 5.32. The number of nitrogens with one attached hydrogen (secondary N) is 1. The molecule has 1 unspecified atom stereocenters. The topological polar surface area (TPSA) is 130 Å².